The molecule has 0 bridgehead atoms. The number of carbonyl (C=O) groups excluding carboxylic acids is 1. The summed E-state index contributed by atoms with van der Waals surface area (Å²) in [6, 6.07) is 13.9. The molecule has 0 atom stereocenters. The lowest BCUT2D eigenvalue weighted by Crippen LogP contribution is -2.28. The molecule has 1 fully saturated rings. The van der Waals surface area contributed by atoms with Gasteiger partial charge in [0.05, 0.1) is 10.6 Å². The van der Waals surface area contributed by atoms with Gasteiger partial charge in [0.1, 0.15) is 0 Å². The van der Waals surface area contributed by atoms with E-state index in [1.807, 2.05) is 43.3 Å². The average Bonchev–Trinajstić information content (AvgIpc) is 3.27. The number of sulfonamides is 1. The Morgan fingerprint density at radius 1 is 1.03 bits per heavy atom. The predicted molar refractivity (Wildman–Crippen MR) is 115 cm³/mol. The smallest absolute Gasteiger partial charge is 0.271 e. The van der Waals surface area contributed by atoms with Crippen LogP contribution in [0.15, 0.2) is 58.5 Å². The molecule has 1 saturated heterocycles. The number of nitrogens with one attached hydrogen (secondary N) is 1. The number of hydrazone groups is 1. The number of nitrogens with zero attached hydrogens (tertiary/aromatic N) is 3. The third-order valence-electron chi connectivity index (χ3n) is 4.93. The normalized spacial score (nSPS) is 15.3. The van der Waals surface area contributed by atoms with Crippen molar-refractivity contribution in [2.75, 3.05) is 32.1 Å². The van der Waals surface area contributed by atoms with Gasteiger partial charge in [0.25, 0.3) is 5.91 Å². The number of anilines is 1. The second kappa shape index (κ2) is 8.75. The van der Waals surface area contributed by atoms with Gasteiger partial charge in [0.2, 0.25) is 10.0 Å². The molecule has 154 valence electrons. The van der Waals surface area contributed by atoms with Crippen LogP contribution in [0.25, 0.3) is 0 Å². The maximum Gasteiger partial charge on any atom is 0.271 e. The van der Waals surface area contributed by atoms with Crippen LogP contribution in [0.1, 0.15) is 35.7 Å². The molecule has 29 heavy (non-hydrogen) atoms. The highest BCUT2D eigenvalue weighted by molar-refractivity contribution is 7.89. The Kier molecular flexibility index (Phi) is 6.34. The highest BCUT2D eigenvalue weighted by Crippen LogP contribution is 2.21. The van der Waals surface area contributed by atoms with E-state index in [1.165, 1.54) is 16.4 Å². The summed E-state index contributed by atoms with van der Waals surface area (Å²) in [5, 5.41) is 4.16. The number of rotatable bonds is 6. The van der Waals surface area contributed by atoms with E-state index in [-0.39, 0.29) is 10.5 Å². The van der Waals surface area contributed by atoms with E-state index in [1.54, 1.807) is 19.1 Å². The van der Waals surface area contributed by atoms with Gasteiger partial charge >= 0.3 is 0 Å². The Morgan fingerprint density at radius 2 is 1.69 bits per heavy atom. The third-order valence-corrected chi connectivity index (χ3v) is 6.82. The van der Waals surface area contributed by atoms with Gasteiger partial charge in [0.15, 0.2) is 0 Å². The molecule has 3 rings (SSSR count). The highest BCUT2D eigenvalue weighted by Gasteiger charge is 2.27. The van der Waals surface area contributed by atoms with Crippen LogP contribution in [0.4, 0.5) is 5.69 Å². The first-order valence-electron chi connectivity index (χ1n) is 9.51. The fourth-order valence-corrected chi connectivity index (χ4v) is 4.70. The molecule has 1 aliphatic rings. The molecule has 1 heterocycles. The molecule has 0 spiro atoms. The largest absolute Gasteiger partial charge is 0.378 e. The summed E-state index contributed by atoms with van der Waals surface area (Å²) in [5.41, 5.74) is 5.39. The Morgan fingerprint density at radius 3 is 2.31 bits per heavy atom. The molecule has 1 amide bonds. The lowest BCUT2D eigenvalue weighted by molar-refractivity contribution is 0.0954. The molecule has 0 aliphatic carbocycles. The molecule has 2 aromatic carbocycles. The summed E-state index contributed by atoms with van der Waals surface area (Å²) in [5.74, 6) is -0.451. The molecule has 0 saturated carbocycles. The van der Waals surface area contributed by atoms with Crippen molar-refractivity contribution in [3.05, 3.63) is 59.7 Å². The monoisotopic (exact) mass is 414 g/mol. The van der Waals surface area contributed by atoms with Crippen molar-refractivity contribution in [2.45, 2.75) is 24.7 Å². The minimum absolute atomic E-state index is 0.132. The van der Waals surface area contributed by atoms with Gasteiger partial charge in [-0.1, -0.05) is 18.2 Å². The van der Waals surface area contributed by atoms with Crippen LogP contribution >= 0.6 is 0 Å². The number of amides is 1. The van der Waals surface area contributed by atoms with Crippen LogP contribution in [-0.2, 0) is 10.0 Å². The zero-order valence-electron chi connectivity index (χ0n) is 16.9. The van der Waals surface area contributed by atoms with Crippen LogP contribution in [-0.4, -0.2) is 51.5 Å². The molecular formula is C21H26N4O3S. The summed E-state index contributed by atoms with van der Waals surface area (Å²) < 4.78 is 26.9. The highest BCUT2D eigenvalue weighted by atomic mass is 32.2. The molecule has 7 nitrogen and oxygen atoms in total. The van der Waals surface area contributed by atoms with Gasteiger partial charge < -0.3 is 4.90 Å². The van der Waals surface area contributed by atoms with Crippen LogP contribution < -0.4 is 10.3 Å². The first-order chi connectivity index (χ1) is 13.8. The molecule has 2 aromatic rings. The van der Waals surface area contributed by atoms with Crippen molar-refractivity contribution >= 4 is 27.3 Å². The van der Waals surface area contributed by atoms with Crippen molar-refractivity contribution < 1.29 is 13.2 Å². The Hall–Kier alpha value is -2.71. The summed E-state index contributed by atoms with van der Waals surface area (Å²) >= 11 is 0. The standard InChI is InChI=1S/C21H26N4O3S/c1-16(17-9-11-19(12-10-17)24(2)3)22-23-21(26)18-7-6-8-20(15-18)29(27,28)25-13-4-5-14-25/h6-12,15H,4-5,13-14H2,1-3H3,(H,23,26)/b22-16-. The average molecular weight is 415 g/mol. The number of benzene rings is 2. The van der Waals surface area contributed by atoms with Crippen LogP contribution in [0, 0.1) is 0 Å². The second-order valence-electron chi connectivity index (χ2n) is 7.22. The van der Waals surface area contributed by atoms with Crippen molar-refractivity contribution in [3.8, 4) is 0 Å². The van der Waals surface area contributed by atoms with Gasteiger partial charge in [-0.3, -0.25) is 4.79 Å². The molecule has 0 aromatic heterocycles. The van der Waals surface area contributed by atoms with Crippen molar-refractivity contribution in [1.29, 1.82) is 0 Å². The lowest BCUT2D eigenvalue weighted by Gasteiger charge is -2.15. The molecule has 0 unspecified atom stereocenters. The Labute approximate surface area is 172 Å². The first kappa shape index (κ1) is 21.0. The quantitative estimate of drug-likeness (QED) is 0.582. The first-order valence-corrected chi connectivity index (χ1v) is 11.0. The third kappa shape index (κ3) is 4.83. The van der Waals surface area contributed by atoms with E-state index in [0.717, 1.165) is 24.1 Å². The zero-order valence-corrected chi connectivity index (χ0v) is 17.7. The van der Waals surface area contributed by atoms with E-state index < -0.39 is 15.9 Å². The van der Waals surface area contributed by atoms with Gasteiger partial charge in [-0.15, -0.1) is 0 Å². The maximum absolute atomic E-state index is 12.7. The number of carbonyl (C=O) groups is 1. The summed E-state index contributed by atoms with van der Waals surface area (Å²) in [7, 11) is 0.366. The Bertz CT molecular complexity index is 1010. The zero-order chi connectivity index (χ0) is 21.0. The minimum atomic E-state index is -3.57. The summed E-state index contributed by atoms with van der Waals surface area (Å²) in [6.45, 7) is 2.85. The fraction of sp³-hybridized carbons (Fsp3) is 0.333. The van der Waals surface area contributed by atoms with E-state index in [0.29, 0.717) is 18.8 Å². The SMILES string of the molecule is C/C(=N/NC(=O)c1cccc(S(=O)(=O)N2CCCC2)c1)c1ccc(N(C)C)cc1. The van der Waals surface area contributed by atoms with E-state index in [9.17, 15) is 13.2 Å². The fourth-order valence-electron chi connectivity index (χ4n) is 3.14. The van der Waals surface area contributed by atoms with Crippen molar-refractivity contribution in [3.63, 3.8) is 0 Å². The van der Waals surface area contributed by atoms with Gasteiger partial charge in [-0.25, -0.2) is 13.8 Å². The number of hydrogen-bond donors (Lipinski definition) is 1. The van der Waals surface area contributed by atoms with Gasteiger partial charge in [-0.2, -0.15) is 9.41 Å². The molecular weight excluding hydrogens is 388 g/mol. The van der Waals surface area contributed by atoms with Crippen molar-refractivity contribution in [2.24, 2.45) is 5.10 Å². The van der Waals surface area contributed by atoms with E-state index >= 15 is 0 Å². The molecule has 1 aliphatic heterocycles. The topological polar surface area (TPSA) is 82.1 Å². The molecule has 1 N–H and O–H groups in total. The predicted octanol–water partition coefficient (Wildman–Crippen LogP) is 2.69. The van der Waals surface area contributed by atoms with E-state index in [4.69, 9.17) is 0 Å². The van der Waals surface area contributed by atoms with Gasteiger partial charge in [-0.05, 0) is 55.7 Å². The van der Waals surface area contributed by atoms with Crippen LogP contribution in [0.5, 0.6) is 0 Å². The molecule has 8 heteroatoms. The molecule has 0 radical (unpaired) electrons. The minimum Gasteiger partial charge on any atom is -0.378 e. The van der Waals surface area contributed by atoms with Crippen LogP contribution in [0.3, 0.4) is 0 Å². The summed E-state index contributed by atoms with van der Waals surface area (Å²) in [4.78, 5) is 14.6. The van der Waals surface area contributed by atoms with E-state index in [2.05, 4.69) is 10.5 Å². The van der Waals surface area contributed by atoms with Crippen molar-refractivity contribution in [1.82, 2.24) is 9.73 Å². The maximum atomic E-state index is 12.7. The summed E-state index contributed by atoms with van der Waals surface area (Å²) in [6.07, 6.45) is 1.73. The second-order valence-corrected chi connectivity index (χ2v) is 9.16. The van der Waals surface area contributed by atoms with Crippen LogP contribution in [0.2, 0.25) is 0 Å². The lowest BCUT2D eigenvalue weighted by atomic mass is 10.1. The van der Waals surface area contributed by atoms with Gasteiger partial charge in [0, 0.05) is 38.4 Å². The number of hydrogen-bond acceptors (Lipinski definition) is 5. The Balaban J connectivity index is 1.73.